The normalized spacial score (nSPS) is 21.4. The minimum absolute atomic E-state index is 0.173. The van der Waals surface area contributed by atoms with Crippen molar-refractivity contribution in [1.29, 1.82) is 0 Å². The van der Waals surface area contributed by atoms with Crippen LogP contribution in [0.5, 0.6) is 0 Å². The third kappa shape index (κ3) is 5.30. The molecular formula is C13H23NO4S. The zero-order valence-corrected chi connectivity index (χ0v) is 12.4. The monoisotopic (exact) mass is 289 g/mol. The first kappa shape index (κ1) is 16.1. The van der Waals surface area contributed by atoms with Crippen molar-refractivity contribution in [2.45, 2.75) is 68.9 Å². The second-order valence-corrected chi connectivity index (χ2v) is 7.39. The van der Waals surface area contributed by atoms with E-state index in [2.05, 4.69) is 5.32 Å². The molecule has 0 bridgehead atoms. The Bertz CT molecular complexity index is 353. The summed E-state index contributed by atoms with van der Waals surface area (Å²) in [5.74, 6) is -1.21. The molecule has 3 atom stereocenters. The number of carboxylic acid groups (broad SMARTS) is 1. The maximum absolute atomic E-state index is 12.0. The van der Waals surface area contributed by atoms with E-state index in [4.69, 9.17) is 5.11 Å². The van der Waals surface area contributed by atoms with E-state index in [-0.39, 0.29) is 18.4 Å². The van der Waals surface area contributed by atoms with Crippen molar-refractivity contribution in [3.8, 4) is 0 Å². The van der Waals surface area contributed by atoms with Gasteiger partial charge in [0.15, 0.2) is 0 Å². The average Bonchev–Trinajstić information content (AvgIpc) is 2.37. The van der Waals surface area contributed by atoms with Crippen LogP contribution in [-0.4, -0.2) is 37.7 Å². The molecule has 0 aromatic carbocycles. The molecule has 3 unspecified atom stereocenters. The molecular weight excluding hydrogens is 266 g/mol. The van der Waals surface area contributed by atoms with Gasteiger partial charge in [0, 0.05) is 22.1 Å². The minimum Gasteiger partial charge on any atom is -0.481 e. The fourth-order valence-corrected chi connectivity index (χ4v) is 3.63. The first-order valence-corrected chi connectivity index (χ1v) is 8.11. The summed E-state index contributed by atoms with van der Waals surface area (Å²) in [6, 6.07) is 0.190. The van der Waals surface area contributed by atoms with E-state index < -0.39 is 27.3 Å². The smallest absolute Gasteiger partial charge is 0.304 e. The van der Waals surface area contributed by atoms with E-state index in [9.17, 15) is 13.8 Å². The van der Waals surface area contributed by atoms with Crippen LogP contribution in [0.15, 0.2) is 0 Å². The van der Waals surface area contributed by atoms with Gasteiger partial charge in [-0.05, 0) is 19.8 Å². The highest BCUT2D eigenvalue weighted by atomic mass is 32.2. The number of nitrogens with one attached hydrogen (secondary N) is 1. The number of aliphatic carboxylic acids is 1. The van der Waals surface area contributed by atoms with E-state index in [1.54, 1.807) is 13.8 Å². The average molecular weight is 289 g/mol. The molecule has 0 aromatic rings. The predicted molar refractivity (Wildman–Crippen MR) is 74.3 cm³/mol. The maximum Gasteiger partial charge on any atom is 0.304 e. The molecule has 0 spiro atoms. The van der Waals surface area contributed by atoms with Crippen LogP contribution in [0.1, 0.15) is 52.4 Å². The Morgan fingerprint density at radius 1 is 1.26 bits per heavy atom. The summed E-state index contributed by atoms with van der Waals surface area (Å²) in [6.45, 7) is 3.21. The van der Waals surface area contributed by atoms with Crippen LogP contribution in [0.4, 0.5) is 0 Å². The number of carbonyl (C=O) groups excluding carboxylic acids is 1. The van der Waals surface area contributed by atoms with Gasteiger partial charge in [0.2, 0.25) is 5.91 Å². The van der Waals surface area contributed by atoms with Crippen molar-refractivity contribution in [2.24, 2.45) is 0 Å². The fourth-order valence-electron chi connectivity index (χ4n) is 2.35. The fraction of sp³-hybridized carbons (Fsp3) is 0.846. The summed E-state index contributed by atoms with van der Waals surface area (Å²) in [6.07, 6.45) is 5.25. The highest BCUT2D eigenvalue weighted by Crippen LogP contribution is 2.18. The summed E-state index contributed by atoms with van der Waals surface area (Å²) in [7, 11) is -1.46. The van der Waals surface area contributed by atoms with Crippen molar-refractivity contribution >= 4 is 22.7 Å². The van der Waals surface area contributed by atoms with Crippen molar-refractivity contribution in [3.63, 3.8) is 0 Å². The molecule has 1 aliphatic rings. The number of hydrogen-bond donors (Lipinski definition) is 2. The third-order valence-corrected chi connectivity index (χ3v) is 5.40. The lowest BCUT2D eigenvalue weighted by atomic mass is 9.95. The number of amides is 1. The lowest BCUT2D eigenvalue weighted by Gasteiger charge is -2.25. The van der Waals surface area contributed by atoms with Gasteiger partial charge in [-0.15, -0.1) is 0 Å². The van der Waals surface area contributed by atoms with Crippen LogP contribution < -0.4 is 5.32 Å². The predicted octanol–water partition coefficient (Wildman–Crippen LogP) is 1.44. The summed E-state index contributed by atoms with van der Waals surface area (Å²) in [5.41, 5.74) is 0. The number of rotatable bonds is 6. The number of carboxylic acids is 1. The van der Waals surface area contributed by atoms with Gasteiger partial charge in [-0.1, -0.05) is 26.2 Å². The molecule has 0 aliphatic heterocycles. The van der Waals surface area contributed by atoms with Gasteiger partial charge in [-0.2, -0.15) is 0 Å². The molecule has 1 aliphatic carbocycles. The van der Waals surface area contributed by atoms with Gasteiger partial charge in [0.1, 0.15) is 5.25 Å². The van der Waals surface area contributed by atoms with Crippen LogP contribution >= 0.6 is 0 Å². The van der Waals surface area contributed by atoms with Crippen molar-refractivity contribution in [1.82, 2.24) is 5.32 Å². The van der Waals surface area contributed by atoms with Crippen LogP contribution in [0.3, 0.4) is 0 Å². The molecule has 0 aromatic heterocycles. The highest BCUT2D eigenvalue weighted by molar-refractivity contribution is 7.87. The molecule has 1 fully saturated rings. The van der Waals surface area contributed by atoms with E-state index >= 15 is 0 Å². The minimum atomic E-state index is -1.46. The second-order valence-electron chi connectivity index (χ2n) is 5.22. The summed E-state index contributed by atoms with van der Waals surface area (Å²) in [4.78, 5) is 22.6. The zero-order valence-electron chi connectivity index (χ0n) is 11.6. The Balaban J connectivity index is 2.46. The van der Waals surface area contributed by atoms with Crippen LogP contribution in [0, 0.1) is 0 Å². The Labute approximate surface area is 116 Å². The topological polar surface area (TPSA) is 83.5 Å². The van der Waals surface area contributed by atoms with E-state index in [0.29, 0.717) is 0 Å². The molecule has 2 N–H and O–H groups in total. The van der Waals surface area contributed by atoms with Crippen molar-refractivity contribution < 1.29 is 18.9 Å². The third-order valence-electron chi connectivity index (χ3n) is 3.53. The summed E-state index contributed by atoms with van der Waals surface area (Å²) >= 11 is 0. The summed E-state index contributed by atoms with van der Waals surface area (Å²) < 4.78 is 12.0. The standard InChI is InChI=1S/C13H23NO4S/c1-9(8-12(15)16)19(18)10(2)13(17)14-11-6-4-3-5-7-11/h9-11H,3-8H2,1-2H3,(H,14,17)(H,15,16). The van der Waals surface area contributed by atoms with E-state index in [1.807, 2.05) is 0 Å². The highest BCUT2D eigenvalue weighted by Gasteiger charge is 2.27. The molecule has 19 heavy (non-hydrogen) atoms. The maximum atomic E-state index is 12.0. The van der Waals surface area contributed by atoms with Gasteiger partial charge < -0.3 is 10.4 Å². The largest absolute Gasteiger partial charge is 0.481 e. The molecule has 110 valence electrons. The quantitative estimate of drug-likeness (QED) is 0.775. The number of carbonyl (C=O) groups is 2. The molecule has 6 heteroatoms. The molecule has 0 heterocycles. The van der Waals surface area contributed by atoms with Crippen LogP contribution in [-0.2, 0) is 20.4 Å². The van der Waals surface area contributed by atoms with Gasteiger partial charge in [-0.3, -0.25) is 13.8 Å². The molecule has 1 saturated carbocycles. The first-order valence-electron chi connectivity index (χ1n) is 6.83. The van der Waals surface area contributed by atoms with Crippen molar-refractivity contribution in [3.05, 3.63) is 0 Å². The Kier molecular flexibility index (Phi) is 6.48. The molecule has 0 radical (unpaired) electrons. The van der Waals surface area contributed by atoms with E-state index in [0.717, 1.165) is 25.7 Å². The molecule has 0 saturated heterocycles. The van der Waals surface area contributed by atoms with Gasteiger partial charge >= 0.3 is 5.97 Å². The van der Waals surface area contributed by atoms with Gasteiger partial charge in [-0.25, -0.2) is 0 Å². The summed E-state index contributed by atoms with van der Waals surface area (Å²) in [5, 5.41) is 10.4. The second kappa shape index (κ2) is 7.62. The van der Waals surface area contributed by atoms with Crippen molar-refractivity contribution in [2.75, 3.05) is 0 Å². The Morgan fingerprint density at radius 2 is 1.84 bits per heavy atom. The SMILES string of the molecule is CC(CC(=O)O)S(=O)C(C)C(=O)NC1CCCCC1. The molecule has 1 rings (SSSR count). The zero-order chi connectivity index (χ0) is 14.4. The lowest BCUT2D eigenvalue weighted by molar-refractivity contribution is -0.137. The van der Waals surface area contributed by atoms with E-state index in [1.165, 1.54) is 6.42 Å². The Hall–Kier alpha value is -0.910. The molecule has 5 nitrogen and oxygen atoms in total. The van der Waals surface area contributed by atoms with Crippen LogP contribution in [0.2, 0.25) is 0 Å². The van der Waals surface area contributed by atoms with Crippen LogP contribution in [0.25, 0.3) is 0 Å². The van der Waals surface area contributed by atoms with Gasteiger partial charge in [0.25, 0.3) is 0 Å². The number of hydrogen-bond acceptors (Lipinski definition) is 3. The lowest BCUT2D eigenvalue weighted by Crippen LogP contribution is -2.44. The Morgan fingerprint density at radius 3 is 2.37 bits per heavy atom. The first-order chi connectivity index (χ1) is 8.91. The molecule has 1 amide bonds. The van der Waals surface area contributed by atoms with Gasteiger partial charge in [0.05, 0.1) is 6.42 Å².